The van der Waals surface area contributed by atoms with E-state index in [9.17, 15) is 9.59 Å². The first-order valence-corrected chi connectivity index (χ1v) is 8.74. The number of ether oxygens (including phenoxy) is 1. The Labute approximate surface area is 139 Å². The fourth-order valence-electron chi connectivity index (χ4n) is 2.30. The predicted octanol–water partition coefficient (Wildman–Crippen LogP) is 4.48. The summed E-state index contributed by atoms with van der Waals surface area (Å²) in [5.74, 6) is -1.52. The number of hydrogen-bond acceptors (Lipinski definition) is 3. The van der Waals surface area contributed by atoms with Crippen LogP contribution >= 0.6 is 0 Å². The van der Waals surface area contributed by atoms with Gasteiger partial charge in [0.05, 0.1) is 6.61 Å². The molecule has 1 aromatic rings. The van der Waals surface area contributed by atoms with Crippen LogP contribution in [0.4, 0.5) is 5.69 Å². The van der Waals surface area contributed by atoms with Crippen LogP contribution in [-0.2, 0) is 20.7 Å². The minimum atomic E-state index is -0.810. The Morgan fingerprint density at radius 3 is 2.13 bits per heavy atom. The summed E-state index contributed by atoms with van der Waals surface area (Å²) in [5.41, 5.74) is 1.80. The lowest BCUT2D eigenvalue weighted by molar-refractivity contribution is -0.152. The van der Waals surface area contributed by atoms with Gasteiger partial charge in [-0.25, -0.2) is 4.79 Å². The van der Waals surface area contributed by atoms with E-state index in [1.165, 1.54) is 31.2 Å². The molecule has 0 aromatic heterocycles. The molecule has 1 aromatic carbocycles. The highest BCUT2D eigenvalue weighted by Gasteiger charge is 2.15. The number of unbranched alkanes of at least 4 members (excludes halogenated alkanes) is 6. The zero-order valence-corrected chi connectivity index (χ0v) is 14.4. The van der Waals surface area contributed by atoms with Crippen molar-refractivity contribution in [2.24, 2.45) is 0 Å². The normalized spacial score (nSPS) is 10.3. The van der Waals surface area contributed by atoms with Crippen molar-refractivity contribution < 1.29 is 14.3 Å². The molecule has 0 atom stereocenters. The number of esters is 1. The van der Waals surface area contributed by atoms with Crippen molar-refractivity contribution in [3.05, 3.63) is 29.8 Å². The molecule has 0 unspecified atom stereocenters. The molecule has 0 fully saturated rings. The van der Waals surface area contributed by atoms with Gasteiger partial charge in [0.2, 0.25) is 0 Å². The highest BCUT2D eigenvalue weighted by atomic mass is 16.5. The van der Waals surface area contributed by atoms with Gasteiger partial charge in [-0.1, -0.05) is 64.5 Å². The third-order valence-corrected chi connectivity index (χ3v) is 3.79. The van der Waals surface area contributed by atoms with Crippen LogP contribution in [0.2, 0.25) is 0 Å². The van der Waals surface area contributed by atoms with Crippen LogP contribution < -0.4 is 5.32 Å². The van der Waals surface area contributed by atoms with Crippen LogP contribution in [0, 0.1) is 0 Å². The summed E-state index contributed by atoms with van der Waals surface area (Å²) >= 11 is 0. The highest BCUT2D eigenvalue weighted by Crippen LogP contribution is 2.10. The summed E-state index contributed by atoms with van der Waals surface area (Å²) in [4.78, 5) is 23.3. The van der Waals surface area contributed by atoms with E-state index in [0.29, 0.717) is 12.3 Å². The van der Waals surface area contributed by atoms with Gasteiger partial charge in [0.1, 0.15) is 0 Å². The van der Waals surface area contributed by atoms with Crippen LogP contribution in [0.15, 0.2) is 24.3 Å². The third-order valence-electron chi connectivity index (χ3n) is 3.79. The standard InChI is InChI=1S/C19H29NO3/c1-3-5-6-7-8-9-10-15-23-19(22)18(21)20-17-13-11-16(4-2)12-14-17/h11-14H,3-10,15H2,1-2H3,(H,20,21). The van der Waals surface area contributed by atoms with Crippen molar-refractivity contribution in [2.75, 3.05) is 11.9 Å². The Kier molecular flexibility index (Phi) is 9.76. The Bertz CT molecular complexity index is 468. The van der Waals surface area contributed by atoms with Crippen LogP contribution in [0.1, 0.15) is 64.4 Å². The molecule has 0 heterocycles. The molecule has 0 aliphatic heterocycles. The first-order valence-electron chi connectivity index (χ1n) is 8.74. The van der Waals surface area contributed by atoms with Crippen LogP contribution in [-0.4, -0.2) is 18.5 Å². The summed E-state index contributed by atoms with van der Waals surface area (Å²) in [7, 11) is 0. The van der Waals surface area contributed by atoms with Crippen molar-refractivity contribution in [3.63, 3.8) is 0 Å². The minimum Gasteiger partial charge on any atom is -0.459 e. The van der Waals surface area contributed by atoms with Crippen molar-refractivity contribution in [3.8, 4) is 0 Å². The van der Waals surface area contributed by atoms with E-state index in [0.717, 1.165) is 25.7 Å². The number of anilines is 1. The van der Waals surface area contributed by atoms with E-state index >= 15 is 0 Å². The molecule has 128 valence electrons. The highest BCUT2D eigenvalue weighted by molar-refractivity contribution is 6.37. The molecule has 0 bridgehead atoms. The lowest BCUT2D eigenvalue weighted by atomic mass is 10.1. The number of amides is 1. The van der Waals surface area contributed by atoms with Gasteiger partial charge >= 0.3 is 11.9 Å². The first kappa shape index (κ1) is 19.2. The largest absolute Gasteiger partial charge is 0.459 e. The van der Waals surface area contributed by atoms with Crippen molar-refractivity contribution in [1.82, 2.24) is 0 Å². The molecular weight excluding hydrogens is 290 g/mol. The molecule has 0 spiro atoms. The quantitative estimate of drug-likeness (QED) is 0.393. The van der Waals surface area contributed by atoms with E-state index in [4.69, 9.17) is 4.74 Å². The van der Waals surface area contributed by atoms with Crippen LogP contribution in [0.5, 0.6) is 0 Å². The van der Waals surface area contributed by atoms with Gasteiger partial charge in [-0.2, -0.15) is 0 Å². The molecule has 0 saturated carbocycles. The molecule has 4 nitrogen and oxygen atoms in total. The van der Waals surface area contributed by atoms with Gasteiger partial charge in [0.25, 0.3) is 0 Å². The van der Waals surface area contributed by atoms with Gasteiger partial charge in [-0.3, -0.25) is 4.79 Å². The molecule has 0 saturated heterocycles. The number of nitrogens with one attached hydrogen (secondary N) is 1. The number of aryl methyl sites for hydroxylation is 1. The topological polar surface area (TPSA) is 55.4 Å². The van der Waals surface area contributed by atoms with Crippen molar-refractivity contribution >= 4 is 17.6 Å². The maximum Gasteiger partial charge on any atom is 0.397 e. The summed E-state index contributed by atoms with van der Waals surface area (Å²) in [6, 6.07) is 7.44. The van der Waals surface area contributed by atoms with Gasteiger partial charge in [-0.05, 0) is 30.5 Å². The van der Waals surface area contributed by atoms with Gasteiger partial charge in [-0.15, -0.1) is 0 Å². The number of carbonyl (C=O) groups is 2. The minimum absolute atomic E-state index is 0.314. The summed E-state index contributed by atoms with van der Waals surface area (Å²) in [5, 5.41) is 2.55. The Morgan fingerprint density at radius 2 is 1.52 bits per heavy atom. The lowest BCUT2D eigenvalue weighted by Crippen LogP contribution is -2.25. The second-order valence-electron chi connectivity index (χ2n) is 5.76. The Hall–Kier alpha value is -1.84. The SMILES string of the molecule is CCCCCCCCCOC(=O)C(=O)Nc1ccc(CC)cc1. The van der Waals surface area contributed by atoms with Crippen LogP contribution in [0.3, 0.4) is 0 Å². The summed E-state index contributed by atoms with van der Waals surface area (Å²) in [6.45, 7) is 4.58. The lowest BCUT2D eigenvalue weighted by Gasteiger charge is -2.07. The fourth-order valence-corrected chi connectivity index (χ4v) is 2.30. The first-order chi connectivity index (χ1) is 11.2. The van der Waals surface area contributed by atoms with E-state index in [1.54, 1.807) is 12.1 Å². The monoisotopic (exact) mass is 319 g/mol. The molecule has 1 rings (SSSR count). The van der Waals surface area contributed by atoms with E-state index in [-0.39, 0.29) is 0 Å². The molecule has 0 aliphatic carbocycles. The van der Waals surface area contributed by atoms with Gasteiger partial charge in [0.15, 0.2) is 0 Å². The maximum absolute atomic E-state index is 11.7. The van der Waals surface area contributed by atoms with Crippen molar-refractivity contribution in [1.29, 1.82) is 0 Å². The van der Waals surface area contributed by atoms with E-state index < -0.39 is 11.9 Å². The Morgan fingerprint density at radius 1 is 0.913 bits per heavy atom. The Balaban J connectivity index is 2.15. The summed E-state index contributed by atoms with van der Waals surface area (Å²) < 4.78 is 5.00. The molecule has 0 radical (unpaired) electrons. The summed E-state index contributed by atoms with van der Waals surface area (Å²) in [6.07, 6.45) is 8.99. The zero-order chi connectivity index (χ0) is 16.9. The predicted molar refractivity (Wildman–Crippen MR) is 93.4 cm³/mol. The molecule has 1 N–H and O–H groups in total. The molecule has 0 aliphatic rings. The molecule has 23 heavy (non-hydrogen) atoms. The average molecular weight is 319 g/mol. The fraction of sp³-hybridized carbons (Fsp3) is 0.579. The van der Waals surface area contributed by atoms with Crippen LogP contribution in [0.25, 0.3) is 0 Å². The number of rotatable bonds is 10. The smallest absolute Gasteiger partial charge is 0.397 e. The van der Waals surface area contributed by atoms with Gasteiger partial charge in [0, 0.05) is 5.69 Å². The second kappa shape index (κ2) is 11.7. The third kappa shape index (κ3) is 8.38. The average Bonchev–Trinajstić information content (AvgIpc) is 2.57. The number of benzene rings is 1. The molecular formula is C19H29NO3. The second-order valence-corrected chi connectivity index (χ2v) is 5.76. The molecule has 1 amide bonds. The van der Waals surface area contributed by atoms with Crippen molar-refractivity contribution in [2.45, 2.75) is 65.2 Å². The zero-order valence-electron chi connectivity index (χ0n) is 14.4. The molecule has 4 heteroatoms. The van der Waals surface area contributed by atoms with Gasteiger partial charge < -0.3 is 10.1 Å². The van der Waals surface area contributed by atoms with E-state index in [1.807, 2.05) is 12.1 Å². The number of hydrogen-bond donors (Lipinski definition) is 1. The van der Waals surface area contributed by atoms with E-state index in [2.05, 4.69) is 19.2 Å². The maximum atomic E-state index is 11.7. The number of carbonyl (C=O) groups excluding carboxylic acids is 2.